The monoisotopic (exact) mass is 274 g/mol. The van der Waals surface area contributed by atoms with Gasteiger partial charge >= 0.3 is 0 Å². The maximum Gasteiger partial charge on any atom is 0.116 e. The maximum atomic E-state index is 5.59. The number of morpholine rings is 1. The molecule has 2 aliphatic rings. The largest absolute Gasteiger partial charge is 0.499 e. The lowest BCUT2D eigenvalue weighted by molar-refractivity contribution is -0.0999. The molecule has 3 rings (SSSR count). The maximum absolute atomic E-state index is 5.59. The fourth-order valence-corrected chi connectivity index (χ4v) is 2.92. The van der Waals surface area contributed by atoms with Gasteiger partial charge in [-0.25, -0.2) is 10.0 Å². The molecule has 1 fully saturated rings. The standard InChI is InChI=1S/C16H22N2O2/c1-13-3-5-14(6-4-13)16-15(19-2)7-8-18(16)17-9-11-20-12-10-17/h3-7,16H,8-12H2,1-2H3. The third-order valence-corrected chi connectivity index (χ3v) is 4.03. The Kier molecular flexibility index (Phi) is 4.05. The minimum Gasteiger partial charge on any atom is -0.499 e. The number of ether oxygens (including phenoxy) is 2. The van der Waals surface area contributed by atoms with Gasteiger partial charge in [-0.15, -0.1) is 0 Å². The first-order valence-corrected chi connectivity index (χ1v) is 7.19. The SMILES string of the molecule is COC1=CCN(N2CCOCC2)C1c1ccc(C)cc1. The van der Waals surface area contributed by atoms with Crippen LogP contribution in [0.4, 0.5) is 0 Å². The predicted octanol–water partition coefficient (Wildman–Crippen LogP) is 2.13. The highest BCUT2D eigenvalue weighted by atomic mass is 16.5. The van der Waals surface area contributed by atoms with Crippen molar-refractivity contribution in [1.29, 1.82) is 0 Å². The van der Waals surface area contributed by atoms with Crippen molar-refractivity contribution in [3.63, 3.8) is 0 Å². The van der Waals surface area contributed by atoms with Gasteiger partial charge in [0, 0.05) is 19.6 Å². The zero-order valence-corrected chi connectivity index (χ0v) is 12.2. The predicted molar refractivity (Wildman–Crippen MR) is 78.1 cm³/mol. The molecule has 0 spiro atoms. The summed E-state index contributed by atoms with van der Waals surface area (Å²) >= 11 is 0. The summed E-state index contributed by atoms with van der Waals surface area (Å²) in [5.74, 6) is 1.04. The van der Waals surface area contributed by atoms with Gasteiger partial charge in [0.2, 0.25) is 0 Å². The Hall–Kier alpha value is -1.36. The molecule has 0 radical (unpaired) electrons. The fourth-order valence-electron chi connectivity index (χ4n) is 2.92. The highest BCUT2D eigenvalue weighted by Crippen LogP contribution is 2.35. The van der Waals surface area contributed by atoms with Crippen LogP contribution in [0.25, 0.3) is 0 Å². The molecule has 1 aromatic rings. The lowest BCUT2D eigenvalue weighted by Gasteiger charge is -2.39. The van der Waals surface area contributed by atoms with E-state index in [-0.39, 0.29) is 6.04 Å². The quantitative estimate of drug-likeness (QED) is 0.843. The molecule has 1 atom stereocenters. The molecule has 1 aromatic carbocycles. The third kappa shape index (κ3) is 2.59. The van der Waals surface area contributed by atoms with Gasteiger partial charge in [0.15, 0.2) is 0 Å². The molecule has 0 saturated carbocycles. The summed E-state index contributed by atoms with van der Waals surface area (Å²) in [4.78, 5) is 0. The average Bonchev–Trinajstić information content (AvgIpc) is 2.93. The van der Waals surface area contributed by atoms with Gasteiger partial charge in [-0.1, -0.05) is 29.8 Å². The number of nitrogens with zero attached hydrogens (tertiary/aromatic N) is 2. The van der Waals surface area contributed by atoms with E-state index in [1.54, 1.807) is 7.11 Å². The Morgan fingerprint density at radius 2 is 1.85 bits per heavy atom. The highest BCUT2D eigenvalue weighted by molar-refractivity contribution is 5.31. The van der Waals surface area contributed by atoms with E-state index in [1.807, 2.05) is 0 Å². The van der Waals surface area contributed by atoms with E-state index in [0.29, 0.717) is 0 Å². The van der Waals surface area contributed by atoms with Crippen LogP contribution in [0.1, 0.15) is 17.2 Å². The van der Waals surface area contributed by atoms with Crippen molar-refractivity contribution in [1.82, 2.24) is 10.0 Å². The molecular weight excluding hydrogens is 252 g/mol. The summed E-state index contributed by atoms with van der Waals surface area (Å²) in [6, 6.07) is 8.92. The first kappa shape index (κ1) is 13.6. The van der Waals surface area contributed by atoms with Crippen LogP contribution in [0, 0.1) is 6.92 Å². The van der Waals surface area contributed by atoms with E-state index >= 15 is 0 Å². The van der Waals surface area contributed by atoms with Crippen LogP contribution in [0.15, 0.2) is 36.1 Å². The van der Waals surface area contributed by atoms with Gasteiger partial charge in [0.1, 0.15) is 11.8 Å². The van der Waals surface area contributed by atoms with Crippen molar-refractivity contribution >= 4 is 0 Å². The second-order valence-corrected chi connectivity index (χ2v) is 5.31. The van der Waals surface area contributed by atoms with Crippen molar-refractivity contribution in [3.05, 3.63) is 47.2 Å². The molecule has 2 heterocycles. The molecule has 0 N–H and O–H groups in total. The van der Waals surface area contributed by atoms with Gasteiger partial charge in [0.05, 0.1) is 20.3 Å². The van der Waals surface area contributed by atoms with Crippen LogP contribution in [0.5, 0.6) is 0 Å². The van der Waals surface area contributed by atoms with Crippen molar-refractivity contribution in [2.24, 2.45) is 0 Å². The normalized spacial score (nSPS) is 24.7. The molecule has 0 aliphatic carbocycles. The van der Waals surface area contributed by atoms with E-state index in [9.17, 15) is 0 Å². The summed E-state index contributed by atoms with van der Waals surface area (Å²) in [6.07, 6.45) is 2.18. The van der Waals surface area contributed by atoms with E-state index in [4.69, 9.17) is 9.47 Å². The van der Waals surface area contributed by atoms with Crippen molar-refractivity contribution in [2.45, 2.75) is 13.0 Å². The minimum atomic E-state index is 0.193. The number of hydrogen-bond donors (Lipinski definition) is 0. The van der Waals surface area contributed by atoms with Gasteiger partial charge in [-0.05, 0) is 18.6 Å². The van der Waals surface area contributed by atoms with E-state index < -0.39 is 0 Å². The van der Waals surface area contributed by atoms with Gasteiger partial charge in [-0.2, -0.15) is 0 Å². The van der Waals surface area contributed by atoms with Crippen LogP contribution in [0.2, 0.25) is 0 Å². The molecule has 0 amide bonds. The van der Waals surface area contributed by atoms with E-state index in [2.05, 4.69) is 47.3 Å². The summed E-state index contributed by atoms with van der Waals surface area (Å²) in [5, 5.41) is 4.78. The van der Waals surface area contributed by atoms with E-state index in [0.717, 1.165) is 38.6 Å². The first-order chi connectivity index (χ1) is 9.79. The van der Waals surface area contributed by atoms with Gasteiger partial charge < -0.3 is 9.47 Å². The van der Waals surface area contributed by atoms with Crippen LogP contribution in [0.3, 0.4) is 0 Å². The molecule has 1 unspecified atom stereocenters. The Morgan fingerprint density at radius 3 is 2.50 bits per heavy atom. The lowest BCUT2D eigenvalue weighted by Crippen LogP contribution is -2.49. The summed E-state index contributed by atoms with van der Waals surface area (Å²) in [6.45, 7) is 6.53. The number of aryl methyl sites for hydroxylation is 1. The zero-order valence-electron chi connectivity index (χ0n) is 12.2. The Balaban J connectivity index is 1.85. The molecule has 1 saturated heterocycles. The number of rotatable bonds is 3. The molecule has 4 nitrogen and oxygen atoms in total. The van der Waals surface area contributed by atoms with Crippen LogP contribution >= 0.6 is 0 Å². The Bertz CT molecular complexity index is 478. The number of hydrazine groups is 1. The first-order valence-electron chi connectivity index (χ1n) is 7.19. The smallest absolute Gasteiger partial charge is 0.116 e. The van der Waals surface area contributed by atoms with Crippen LogP contribution in [-0.2, 0) is 9.47 Å². The molecule has 2 aliphatic heterocycles. The third-order valence-electron chi connectivity index (χ3n) is 4.03. The molecule has 0 aromatic heterocycles. The molecular formula is C16H22N2O2. The molecule has 0 bridgehead atoms. The number of benzene rings is 1. The average molecular weight is 274 g/mol. The minimum absolute atomic E-state index is 0.193. The highest BCUT2D eigenvalue weighted by Gasteiger charge is 2.34. The van der Waals surface area contributed by atoms with Crippen LogP contribution in [-0.4, -0.2) is 50.0 Å². The molecule has 20 heavy (non-hydrogen) atoms. The van der Waals surface area contributed by atoms with E-state index in [1.165, 1.54) is 11.1 Å². The number of methoxy groups -OCH3 is 1. The topological polar surface area (TPSA) is 24.9 Å². The lowest BCUT2D eigenvalue weighted by atomic mass is 10.0. The van der Waals surface area contributed by atoms with Crippen LogP contribution < -0.4 is 0 Å². The second kappa shape index (κ2) is 5.95. The van der Waals surface area contributed by atoms with Crippen molar-refractivity contribution in [2.75, 3.05) is 40.0 Å². The summed E-state index contributed by atoms with van der Waals surface area (Å²) in [7, 11) is 1.76. The summed E-state index contributed by atoms with van der Waals surface area (Å²) < 4.78 is 11.0. The van der Waals surface area contributed by atoms with Gasteiger partial charge in [0.25, 0.3) is 0 Å². The Morgan fingerprint density at radius 1 is 1.15 bits per heavy atom. The zero-order chi connectivity index (χ0) is 13.9. The Labute approximate surface area is 120 Å². The molecule has 4 heteroatoms. The molecule has 108 valence electrons. The summed E-state index contributed by atoms with van der Waals surface area (Å²) in [5.41, 5.74) is 2.57. The van der Waals surface area contributed by atoms with Crippen molar-refractivity contribution < 1.29 is 9.47 Å². The van der Waals surface area contributed by atoms with Gasteiger partial charge in [-0.3, -0.25) is 0 Å². The number of hydrogen-bond acceptors (Lipinski definition) is 4. The van der Waals surface area contributed by atoms with Crippen molar-refractivity contribution in [3.8, 4) is 0 Å². The second-order valence-electron chi connectivity index (χ2n) is 5.31. The fraction of sp³-hybridized carbons (Fsp3) is 0.500.